The van der Waals surface area contributed by atoms with Crippen LogP contribution in [-0.4, -0.2) is 28.2 Å². The Hall–Kier alpha value is -2.58. The fraction of sp³-hybridized carbons (Fsp3) is 0.368. The number of fused-ring (bicyclic) bond motifs is 1. The van der Waals surface area contributed by atoms with Gasteiger partial charge in [0.1, 0.15) is 0 Å². The maximum Gasteiger partial charge on any atom is 0.244 e. The second kappa shape index (κ2) is 8.90. The lowest BCUT2D eigenvalue weighted by Gasteiger charge is -2.06. The number of hydrogen-bond acceptors (Lipinski definition) is 3. The third-order valence-electron chi connectivity index (χ3n) is 3.95. The van der Waals surface area contributed by atoms with Gasteiger partial charge in [-0.05, 0) is 25.0 Å². The van der Waals surface area contributed by atoms with Crippen LogP contribution < -0.4 is 5.32 Å². The minimum atomic E-state index is -0.368. The van der Waals surface area contributed by atoms with Crippen molar-refractivity contribution in [2.24, 2.45) is 0 Å². The molecule has 0 radical (unpaired) electrons. The normalized spacial score (nSPS) is 12.4. The van der Waals surface area contributed by atoms with Crippen molar-refractivity contribution < 1.29 is 9.90 Å². The summed E-state index contributed by atoms with van der Waals surface area (Å²) in [7, 11) is 0. The molecule has 1 unspecified atom stereocenters. The van der Waals surface area contributed by atoms with E-state index in [4.69, 9.17) is 5.26 Å². The number of aliphatic hydroxyl groups is 1. The molecule has 2 aromatic rings. The minimum absolute atomic E-state index is 0.174. The van der Waals surface area contributed by atoms with Crippen LogP contribution in [0.25, 0.3) is 17.0 Å². The van der Waals surface area contributed by atoms with E-state index in [9.17, 15) is 9.90 Å². The lowest BCUT2D eigenvalue weighted by molar-refractivity contribution is -0.116. The van der Waals surface area contributed by atoms with E-state index in [1.807, 2.05) is 42.0 Å². The Kier molecular flexibility index (Phi) is 6.59. The first-order chi connectivity index (χ1) is 11.7. The molecule has 1 atom stereocenters. The Morgan fingerprint density at radius 2 is 2.25 bits per heavy atom. The Bertz CT molecular complexity index is 756. The number of para-hydroxylation sites is 1. The SMILES string of the molecule is CCC(O)CCNC(=O)/C=C/c1cn(CCC#N)c2ccccc12. The van der Waals surface area contributed by atoms with E-state index in [-0.39, 0.29) is 12.0 Å². The molecular weight excluding hydrogens is 302 g/mol. The largest absolute Gasteiger partial charge is 0.393 e. The first-order valence-corrected chi connectivity index (χ1v) is 8.24. The van der Waals surface area contributed by atoms with Gasteiger partial charge >= 0.3 is 0 Å². The topological polar surface area (TPSA) is 78.0 Å². The number of carbonyl (C=O) groups excluding carboxylic acids is 1. The highest BCUT2D eigenvalue weighted by Gasteiger charge is 2.06. The molecule has 1 aromatic carbocycles. The van der Waals surface area contributed by atoms with Crippen molar-refractivity contribution in [1.29, 1.82) is 5.26 Å². The summed E-state index contributed by atoms with van der Waals surface area (Å²) in [6.45, 7) is 3.00. The number of aryl methyl sites for hydroxylation is 1. The van der Waals surface area contributed by atoms with Crippen molar-refractivity contribution in [1.82, 2.24) is 9.88 Å². The molecule has 0 fully saturated rings. The summed E-state index contributed by atoms with van der Waals surface area (Å²) in [5.74, 6) is -0.174. The maximum atomic E-state index is 11.9. The van der Waals surface area contributed by atoms with Gasteiger partial charge in [0.25, 0.3) is 0 Å². The standard InChI is InChI=1S/C19H23N3O2/c1-2-16(23)10-12-21-19(24)9-8-15-14-22(13-5-11-20)18-7-4-3-6-17(15)18/h3-4,6-9,14,16,23H,2,5,10,12-13H2,1H3,(H,21,24)/b9-8+. The number of carbonyl (C=O) groups is 1. The summed E-state index contributed by atoms with van der Waals surface area (Å²) in [5.41, 5.74) is 2.01. The zero-order chi connectivity index (χ0) is 17.4. The molecule has 5 heteroatoms. The van der Waals surface area contributed by atoms with Crippen LogP contribution in [0.3, 0.4) is 0 Å². The Morgan fingerprint density at radius 1 is 1.46 bits per heavy atom. The zero-order valence-electron chi connectivity index (χ0n) is 13.9. The predicted molar refractivity (Wildman–Crippen MR) is 95.1 cm³/mol. The molecule has 0 aliphatic carbocycles. The number of nitrogens with one attached hydrogen (secondary N) is 1. The van der Waals surface area contributed by atoms with Crippen molar-refractivity contribution in [2.45, 2.75) is 38.8 Å². The van der Waals surface area contributed by atoms with Gasteiger partial charge in [0, 0.05) is 41.8 Å². The van der Waals surface area contributed by atoms with E-state index in [0.29, 0.717) is 32.4 Å². The van der Waals surface area contributed by atoms with Gasteiger partial charge in [-0.3, -0.25) is 4.79 Å². The van der Waals surface area contributed by atoms with E-state index < -0.39 is 0 Å². The molecule has 2 rings (SSSR count). The van der Waals surface area contributed by atoms with Gasteiger partial charge < -0.3 is 15.0 Å². The van der Waals surface area contributed by atoms with Crippen LogP contribution in [0.15, 0.2) is 36.5 Å². The Balaban J connectivity index is 2.06. The van der Waals surface area contributed by atoms with Crippen LogP contribution >= 0.6 is 0 Å². The molecule has 0 aliphatic heterocycles. The first-order valence-electron chi connectivity index (χ1n) is 8.24. The third-order valence-corrected chi connectivity index (χ3v) is 3.95. The number of benzene rings is 1. The highest BCUT2D eigenvalue weighted by atomic mass is 16.3. The van der Waals surface area contributed by atoms with Gasteiger partial charge in [0.2, 0.25) is 5.91 Å². The fourth-order valence-electron chi connectivity index (χ4n) is 2.55. The van der Waals surface area contributed by atoms with Crippen LogP contribution in [0.1, 0.15) is 31.7 Å². The maximum absolute atomic E-state index is 11.9. The summed E-state index contributed by atoms with van der Waals surface area (Å²) in [6, 6.07) is 10.1. The van der Waals surface area contributed by atoms with Gasteiger partial charge in [-0.1, -0.05) is 25.1 Å². The molecule has 1 heterocycles. The number of aliphatic hydroxyl groups excluding tert-OH is 1. The lowest BCUT2D eigenvalue weighted by atomic mass is 10.1. The van der Waals surface area contributed by atoms with E-state index in [1.54, 1.807) is 6.08 Å². The van der Waals surface area contributed by atoms with Crippen molar-refractivity contribution in [3.63, 3.8) is 0 Å². The van der Waals surface area contributed by atoms with Crippen LogP contribution in [-0.2, 0) is 11.3 Å². The number of amides is 1. The molecule has 5 nitrogen and oxygen atoms in total. The quantitative estimate of drug-likeness (QED) is 0.733. The fourth-order valence-corrected chi connectivity index (χ4v) is 2.55. The highest BCUT2D eigenvalue weighted by molar-refractivity contribution is 5.96. The molecule has 0 spiro atoms. The summed E-state index contributed by atoms with van der Waals surface area (Å²) in [5, 5.41) is 22.1. The third kappa shape index (κ3) is 4.71. The van der Waals surface area contributed by atoms with E-state index in [2.05, 4.69) is 11.4 Å². The van der Waals surface area contributed by atoms with Crippen molar-refractivity contribution in [3.8, 4) is 6.07 Å². The molecule has 0 bridgehead atoms. The molecular formula is C19H23N3O2. The molecule has 24 heavy (non-hydrogen) atoms. The van der Waals surface area contributed by atoms with Crippen molar-refractivity contribution in [2.75, 3.05) is 6.54 Å². The van der Waals surface area contributed by atoms with Gasteiger partial charge in [-0.25, -0.2) is 0 Å². The van der Waals surface area contributed by atoms with Crippen LogP contribution in [0.2, 0.25) is 0 Å². The molecule has 126 valence electrons. The summed E-state index contributed by atoms with van der Waals surface area (Å²) in [4.78, 5) is 11.9. The van der Waals surface area contributed by atoms with Gasteiger partial charge in [0.15, 0.2) is 0 Å². The predicted octanol–water partition coefficient (Wildman–Crippen LogP) is 2.85. The smallest absolute Gasteiger partial charge is 0.244 e. The van der Waals surface area contributed by atoms with E-state index >= 15 is 0 Å². The Morgan fingerprint density at radius 3 is 3.00 bits per heavy atom. The number of rotatable bonds is 8. The van der Waals surface area contributed by atoms with Gasteiger partial charge in [-0.2, -0.15) is 5.26 Å². The second-order valence-electron chi connectivity index (χ2n) is 5.68. The van der Waals surface area contributed by atoms with Crippen LogP contribution in [0, 0.1) is 11.3 Å². The summed E-state index contributed by atoms with van der Waals surface area (Å²) >= 11 is 0. The minimum Gasteiger partial charge on any atom is -0.393 e. The second-order valence-corrected chi connectivity index (χ2v) is 5.68. The summed E-state index contributed by atoms with van der Waals surface area (Å²) in [6.07, 6.45) is 6.59. The number of nitrogens with zero attached hydrogens (tertiary/aromatic N) is 2. The van der Waals surface area contributed by atoms with Crippen LogP contribution in [0.4, 0.5) is 0 Å². The highest BCUT2D eigenvalue weighted by Crippen LogP contribution is 2.22. The average molecular weight is 325 g/mol. The van der Waals surface area contributed by atoms with Crippen molar-refractivity contribution in [3.05, 3.63) is 42.1 Å². The van der Waals surface area contributed by atoms with E-state index in [1.165, 1.54) is 6.08 Å². The number of nitriles is 1. The summed E-state index contributed by atoms with van der Waals surface area (Å²) < 4.78 is 2.04. The van der Waals surface area contributed by atoms with Crippen LogP contribution in [0.5, 0.6) is 0 Å². The van der Waals surface area contributed by atoms with Crippen molar-refractivity contribution >= 4 is 22.9 Å². The molecule has 0 saturated heterocycles. The molecule has 0 saturated carbocycles. The monoisotopic (exact) mass is 325 g/mol. The molecule has 1 aromatic heterocycles. The van der Waals surface area contributed by atoms with E-state index in [0.717, 1.165) is 16.5 Å². The average Bonchev–Trinajstić information content (AvgIpc) is 2.96. The molecule has 2 N–H and O–H groups in total. The zero-order valence-corrected chi connectivity index (χ0v) is 13.9. The number of aromatic nitrogens is 1. The number of hydrogen-bond donors (Lipinski definition) is 2. The Labute approximate surface area is 142 Å². The van der Waals surface area contributed by atoms with Gasteiger partial charge in [0.05, 0.1) is 18.6 Å². The molecule has 1 amide bonds. The van der Waals surface area contributed by atoms with Gasteiger partial charge in [-0.15, -0.1) is 0 Å². The molecule has 0 aliphatic rings. The lowest BCUT2D eigenvalue weighted by Crippen LogP contribution is -2.25. The first kappa shape index (κ1) is 17.8.